The van der Waals surface area contributed by atoms with Crippen molar-refractivity contribution in [3.63, 3.8) is 0 Å². The van der Waals surface area contributed by atoms with Crippen molar-refractivity contribution in [2.24, 2.45) is 0 Å². The Morgan fingerprint density at radius 3 is 2.47 bits per heavy atom. The lowest BCUT2D eigenvalue weighted by molar-refractivity contribution is -0.122. The van der Waals surface area contributed by atoms with Gasteiger partial charge in [-0.2, -0.15) is 0 Å². The number of carbonyl (C=O) groups is 1. The molecule has 2 atom stereocenters. The monoisotopic (exact) mass is 313 g/mol. The number of rotatable bonds is 7. The van der Waals surface area contributed by atoms with Gasteiger partial charge in [-0.1, -0.05) is 13.8 Å². The number of likely N-dealkylation sites (N-methyl/N-ethyl adjacent to an activating group) is 1. The van der Waals surface area contributed by atoms with Gasteiger partial charge in [0.15, 0.2) is 0 Å². The molecule has 1 amide bonds. The SMILES string of the molecule is CCN(CC)CC(C)NC(=O)CC1CCCN1.Cl.Cl. The van der Waals surface area contributed by atoms with E-state index in [4.69, 9.17) is 0 Å². The van der Waals surface area contributed by atoms with Crippen molar-refractivity contribution in [3.05, 3.63) is 0 Å². The van der Waals surface area contributed by atoms with E-state index in [2.05, 4.69) is 36.3 Å². The summed E-state index contributed by atoms with van der Waals surface area (Å²) in [5.41, 5.74) is 0. The molecule has 19 heavy (non-hydrogen) atoms. The van der Waals surface area contributed by atoms with Gasteiger partial charge in [0.1, 0.15) is 0 Å². The van der Waals surface area contributed by atoms with E-state index >= 15 is 0 Å². The molecule has 0 saturated carbocycles. The second kappa shape index (κ2) is 11.8. The maximum absolute atomic E-state index is 11.8. The number of hydrogen-bond acceptors (Lipinski definition) is 3. The molecule has 4 nitrogen and oxygen atoms in total. The average molecular weight is 314 g/mol. The first-order chi connectivity index (χ1) is 8.15. The van der Waals surface area contributed by atoms with Crippen LogP contribution < -0.4 is 10.6 Å². The van der Waals surface area contributed by atoms with Gasteiger partial charge in [-0.05, 0) is 39.4 Å². The molecule has 1 aliphatic heterocycles. The Balaban J connectivity index is 0. The van der Waals surface area contributed by atoms with Gasteiger partial charge in [-0.15, -0.1) is 24.8 Å². The van der Waals surface area contributed by atoms with Crippen molar-refractivity contribution < 1.29 is 4.79 Å². The topological polar surface area (TPSA) is 44.4 Å². The zero-order valence-corrected chi connectivity index (χ0v) is 13.9. The van der Waals surface area contributed by atoms with Gasteiger partial charge in [0.05, 0.1) is 0 Å². The summed E-state index contributed by atoms with van der Waals surface area (Å²) < 4.78 is 0. The molecule has 0 radical (unpaired) electrons. The van der Waals surface area contributed by atoms with Gasteiger partial charge in [-0.25, -0.2) is 0 Å². The van der Waals surface area contributed by atoms with E-state index in [0.717, 1.165) is 32.6 Å². The largest absolute Gasteiger partial charge is 0.352 e. The van der Waals surface area contributed by atoms with Crippen LogP contribution in [-0.2, 0) is 4.79 Å². The maximum atomic E-state index is 11.8. The predicted octanol–water partition coefficient (Wildman–Crippen LogP) is 1.82. The van der Waals surface area contributed by atoms with E-state index in [1.54, 1.807) is 0 Å². The molecule has 0 bridgehead atoms. The standard InChI is InChI=1S/C13H27N3O.2ClH/c1-4-16(5-2)10-11(3)15-13(17)9-12-7-6-8-14-12;;/h11-12,14H,4-10H2,1-3H3,(H,15,17);2*1H. The quantitative estimate of drug-likeness (QED) is 0.753. The van der Waals surface area contributed by atoms with Crippen LogP contribution >= 0.6 is 24.8 Å². The first-order valence-electron chi connectivity index (χ1n) is 6.90. The molecular formula is C13H29Cl2N3O. The zero-order chi connectivity index (χ0) is 12.7. The van der Waals surface area contributed by atoms with Crippen molar-refractivity contribution in [2.75, 3.05) is 26.2 Å². The lowest BCUT2D eigenvalue weighted by Gasteiger charge is -2.23. The molecule has 0 spiro atoms. The number of carbonyl (C=O) groups excluding carboxylic acids is 1. The van der Waals surface area contributed by atoms with Crippen LogP contribution in [0.25, 0.3) is 0 Å². The van der Waals surface area contributed by atoms with Crippen LogP contribution in [0.2, 0.25) is 0 Å². The Hall–Kier alpha value is -0.0300. The highest BCUT2D eigenvalue weighted by molar-refractivity contribution is 5.85. The Morgan fingerprint density at radius 1 is 1.37 bits per heavy atom. The third-order valence-corrected chi connectivity index (χ3v) is 3.43. The summed E-state index contributed by atoms with van der Waals surface area (Å²) in [6.07, 6.45) is 2.97. The van der Waals surface area contributed by atoms with Crippen LogP contribution in [0.3, 0.4) is 0 Å². The number of nitrogens with one attached hydrogen (secondary N) is 2. The minimum Gasteiger partial charge on any atom is -0.352 e. The van der Waals surface area contributed by atoms with E-state index in [-0.39, 0.29) is 36.8 Å². The van der Waals surface area contributed by atoms with Crippen molar-refractivity contribution >= 4 is 30.7 Å². The van der Waals surface area contributed by atoms with Gasteiger partial charge in [0.2, 0.25) is 5.91 Å². The fourth-order valence-electron chi connectivity index (χ4n) is 2.40. The third kappa shape index (κ3) is 8.69. The van der Waals surface area contributed by atoms with Crippen LogP contribution in [0, 0.1) is 0 Å². The Kier molecular flexibility index (Phi) is 13.2. The molecule has 2 N–H and O–H groups in total. The molecule has 0 aromatic heterocycles. The van der Waals surface area contributed by atoms with Crippen LogP contribution in [-0.4, -0.2) is 49.1 Å². The van der Waals surface area contributed by atoms with Gasteiger partial charge in [0.25, 0.3) is 0 Å². The Labute approximate surface area is 129 Å². The van der Waals surface area contributed by atoms with Crippen molar-refractivity contribution in [1.82, 2.24) is 15.5 Å². The molecule has 2 unspecified atom stereocenters. The van der Waals surface area contributed by atoms with E-state index in [9.17, 15) is 4.79 Å². The summed E-state index contributed by atoms with van der Waals surface area (Å²) >= 11 is 0. The van der Waals surface area contributed by atoms with E-state index in [0.29, 0.717) is 12.5 Å². The van der Waals surface area contributed by atoms with Crippen LogP contribution in [0.15, 0.2) is 0 Å². The molecule has 1 saturated heterocycles. The van der Waals surface area contributed by atoms with Gasteiger partial charge in [0, 0.05) is 25.0 Å². The maximum Gasteiger partial charge on any atom is 0.221 e. The molecule has 0 aliphatic carbocycles. The van der Waals surface area contributed by atoms with Crippen LogP contribution in [0.1, 0.15) is 40.0 Å². The highest BCUT2D eigenvalue weighted by Gasteiger charge is 2.18. The normalized spacial score (nSPS) is 19.5. The summed E-state index contributed by atoms with van der Waals surface area (Å²) in [4.78, 5) is 14.1. The Morgan fingerprint density at radius 2 is 2.00 bits per heavy atom. The number of halogens is 2. The lowest BCUT2D eigenvalue weighted by Crippen LogP contribution is -2.43. The zero-order valence-electron chi connectivity index (χ0n) is 12.3. The second-order valence-corrected chi connectivity index (χ2v) is 4.95. The minimum atomic E-state index is 0. The fraction of sp³-hybridized carbons (Fsp3) is 0.923. The lowest BCUT2D eigenvalue weighted by atomic mass is 10.1. The van der Waals surface area contributed by atoms with Crippen molar-refractivity contribution in [3.8, 4) is 0 Å². The summed E-state index contributed by atoms with van der Waals surface area (Å²) in [6.45, 7) is 10.5. The van der Waals surface area contributed by atoms with Gasteiger partial charge in [-0.3, -0.25) is 4.79 Å². The molecule has 0 aromatic rings. The first-order valence-corrected chi connectivity index (χ1v) is 6.90. The number of nitrogens with zero attached hydrogens (tertiary/aromatic N) is 1. The van der Waals surface area contributed by atoms with Gasteiger partial charge >= 0.3 is 0 Å². The summed E-state index contributed by atoms with van der Waals surface area (Å²) in [5.74, 6) is 0.184. The van der Waals surface area contributed by atoms with E-state index in [1.165, 1.54) is 6.42 Å². The van der Waals surface area contributed by atoms with E-state index in [1.807, 2.05) is 0 Å². The highest BCUT2D eigenvalue weighted by Crippen LogP contribution is 2.08. The average Bonchev–Trinajstić information content (AvgIpc) is 2.78. The predicted molar refractivity (Wildman–Crippen MR) is 85.5 cm³/mol. The molecule has 6 heteroatoms. The van der Waals surface area contributed by atoms with Gasteiger partial charge < -0.3 is 15.5 Å². The minimum absolute atomic E-state index is 0. The molecule has 1 heterocycles. The molecular weight excluding hydrogens is 285 g/mol. The fourth-order valence-corrected chi connectivity index (χ4v) is 2.40. The summed E-state index contributed by atoms with van der Waals surface area (Å²) in [7, 11) is 0. The van der Waals surface area contributed by atoms with Crippen molar-refractivity contribution in [2.45, 2.75) is 52.1 Å². The first kappa shape index (κ1) is 21.3. The molecule has 116 valence electrons. The highest BCUT2D eigenvalue weighted by atomic mass is 35.5. The molecule has 1 rings (SSSR count). The third-order valence-electron chi connectivity index (χ3n) is 3.43. The molecule has 0 aromatic carbocycles. The number of amides is 1. The van der Waals surface area contributed by atoms with E-state index < -0.39 is 0 Å². The summed E-state index contributed by atoms with van der Waals surface area (Å²) in [6, 6.07) is 0.638. The molecule has 1 aliphatic rings. The van der Waals surface area contributed by atoms with Crippen LogP contribution in [0.4, 0.5) is 0 Å². The number of hydrogen-bond donors (Lipinski definition) is 2. The Bertz CT molecular complexity index is 232. The van der Waals surface area contributed by atoms with Crippen molar-refractivity contribution in [1.29, 1.82) is 0 Å². The summed E-state index contributed by atoms with van der Waals surface area (Å²) in [5, 5.41) is 6.44. The van der Waals surface area contributed by atoms with Crippen LogP contribution in [0.5, 0.6) is 0 Å². The second-order valence-electron chi connectivity index (χ2n) is 4.95. The molecule has 1 fully saturated rings. The smallest absolute Gasteiger partial charge is 0.221 e.